The second-order valence-electron chi connectivity index (χ2n) is 7.83. The number of nitrogens with one attached hydrogen (secondary N) is 2. The van der Waals surface area contributed by atoms with Crippen molar-refractivity contribution in [1.82, 2.24) is 19.8 Å². The van der Waals surface area contributed by atoms with Crippen molar-refractivity contribution in [3.05, 3.63) is 54.0 Å². The zero-order valence-electron chi connectivity index (χ0n) is 18.5. The molecule has 2 heterocycles. The van der Waals surface area contributed by atoms with E-state index in [0.717, 1.165) is 18.8 Å². The number of sulfonamides is 1. The van der Waals surface area contributed by atoms with E-state index in [4.69, 9.17) is 4.42 Å². The second kappa shape index (κ2) is 10.8. The smallest absolute Gasteiger partial charge is 0.242 e. The molecule has 2 N–H and O–H groups in total. The molecule has 0 spiro atoms. The number of rotatable bonds is 8. The highest BCUT2D eigenvalue weighted by Crippen LogP contribution is 2.24. The molecule has 1 unspecified atom stereocenters. The highest BCUT2D eigenvalue weighted by Gasteiger charge is 2.25. The number of guanidine groups is 1. The van der Waals surface area contributed by atoms with E-state index >= 15 is 0 Å². The first-order valence-electron chi connectivity index (χ1n) is 10.7. The van der Waals surface area contributed by atoms with Gasteiger partial charge in [-0.1, -0.05) is 24.6 Å². The molecule has 1 aliphatic heterocycles. The van der Waals surface area contributed by atoms with Crippen LogP contribution in [-0.4, -0.2) is 64.4 Å². The van der Waals surface area contributed by atoms with E-state index in [-0.39, 0.29) is 6.04 Å². The summed E-state index contributed by atoms with van der Waals surface area (Å²) in [4.78, 5) is 7.06. The van der Waals surface area contributed by atoms with Gasteiger partial charge in [-0.2, -0.15) is 0 Å². The van der Waals surface area contributed by atoms with Gasteiger partial charge in [0.2, 0.25) is 10.0 Å². The number of furan rings is 1. The summed E-state index contributed by atoms with van der Waals surface area (Å²) in [5, 5.41) is 6.63. The maximum absolute atomic E-state index is 12.6. The van der Waals surface area contributed by atoms with Crippen molar-refractivity contribution in [3.63, 3.8) is 0 Å². The molecule has 2 aromatic rings. The molecule has 31 heavy (non-hydrogen) atoms. The summed E-state index contributed by atoms with van der Waals surface area (Å²) >= 11 is 0. The van der Waals surface area contributed by atoms with E-state index < -0.39 is 10.0 Å². The Morgan fingerprint density at radius 2 is 1.87 bits per heavy atom. The topological polar surface area (TPSA) is 90.2 Å². The van der Waals surface area contributed by atoms with Crippen LogP contribution >= 0.6 is 0 Å². The number of hydrogen-bond acceptors (Lipinski definition) is 5. The van der Waals surface area contributed by atoms with Gasteiger partial charge in [-0.15, -0.1) is 0 Å². The Bertz CT molecular complexity index is 951. The number of benzene rings is 1. The normalized spacial score (nSPS) is 17.0. The molecule has 0 amide bonds. The fourth-order valence-electron chi connectivity index (χ4n) is 3.81. The van der Waals surface area contributed by atoms with Gasteiger partial charge in [-0.05, 0) is 49.7 Å². The molecular weight excluding hydrogens is 414 g/mol. The van der Waals surface area contributed by atoms with E-state index in [0.29, 0.717) is 29.5 Å². The lowest BCUT2D eigenvalue weighted by molar-refractivity contribution is 0.146. The van der Waals surface area contributed by atoms with Crippen molar-refractivity contribution in [1.29, 1.82) is 0 Å². The van der Waals surface area contributed by atoms with Gasteiger partial charge >= 0.3 is 0 Å². The molecule has 1 aliphatic rings. The van der Waals surface area contributed by atoms with Gasteiger partial charge in [0.05, 0.1) is 17.2 Å². The minimum Gasteiger partial charge on any atom is -0.468 e. The van der Waals surface area contributed by atoms with Crippen molar-refractivity contribution < 1.29 is 12.8 Å². The SMILES string of the molecule is CN=C(NCc1ccccc1S(=O)(=O)N(C)C)NCC(c1ccco1)N1CCCCC1. The molecule has 0 bridgehead atoms. The van der Waals surface area contributed by atoms with Crippen LogP contribution in [0, 0.1) is 0 Å². The maximum Gasteiger partial charge on any atom is 0.242 e. The van der Waals surface area contributed by atoms with Gasteiger partial charge < -0.3 is 15.1 Å². The first kappa shape index (κ1) is 23.3. The van der Waals surface area contributed by atoms with Crippen LogP contribution < -0.4 is 10.6 Å². The Labute approximate surface area is 185 Å². The average molecular weight is 448 g/mol. The lowest BCUT2D eigenvalue weighted by Crippen LogP contribution is -2.44. The Morgan fingerprint density at radius 3 is 2.52 bits per heavy atom. The monoisotopic (exact) mass is 447 g/mol. The van der Waals surface area contributed by atoms with Gasteiger partial charge in [0.15, 0.2) is 5.96 Å². The van der Waals surface area contributed by atoms with Crippen LogP contribution in [-0.2, 0) is 16.6 Å². The highest BCUT2D eigenvalue weighted by atomic mass is 32.2. The number of nitrogens with zero attached hydrogens (tertiary/aromatic N) is 3. The van der Waals surface area contributed by atoms with Crippen LogP contribution in [0.5, 0.6) is 0 Å². The van der Waals surface area contributed by atoms with E-state index in [9.17, 15) is 8.42 Å². The third kappa shape index (κ3) is 5.87. The molecule has 1 saturated heterocycles. The van der Waals surface area contributed by atoms with E-state index in [1.165, 1.54) is 37.7 Å². The summed E-state index contributed by atoms with van der Waals surface area (Å²) < 4.78 is 32.2. The molecule has 9 heteroatoms. The number of aliphatic imine (C=N–C) groups is 1. The maximum atomic E-state index is 12.6. The Morgan fingerprint density at radius 1 is 1.13 bits per heavy atom. The molecule has 3 rings (SSSR count). The Kier molecular flexibility index (Phi) is 8.11. The molecule has 1 atom stereocenters. The number of hydrogen-bond donors (Lipinski definition) is 2. The summed E-state index contributed by atoms with van der Waals surface area (Å²) in [5.74, 6) is 1.55. The molecular formula is C22H33N5O3S. The zero-order valence-corrected chi connectivity index (χ0v) is 19.4. The largest absolute Gasteiger partial charge is 0.468 e. The molecule has 0 radical (unpaired) electrons. The summed E-state index contributed by atoms with van der Waals surface area (Å²) in [7, 11) is 1.27. The van der Waals surface area contributed by atoms with Gasteiger partial charge in [-0.3, -0.25) is 9.89 Å². The summed E-state index contributed by atoms with van der Waals surface area (Å²) in [6.07, 6.45) is 5.37. The standard InChI is InChI=1S/C22H33N5O3S/c1-23-22(24-16-18-10-5-6-12-21(18)31(28,29)26(2)3)25-17-19(20-11-9-15-30-20)27-13-7-4-8-14-27/h5-6,9-12,15,19H,4,7-8,13-14,16-17H2,1-3H3,(H2,23,24,25). The predicted octanol–water partition coefficient (Wildman–Crippen LogP) is 2.42. The van der Waals surface area contributed by atoms with Crippen LogP contribution in [0.4, 0.5) is 0 Å². The van der Waals surface area contributed by atoms with Crippen molar-refractivity contribution in [2.45, 2.75) is 36.7 Å². The number of piperidine rings is 1. The summed E-state index contributed by atoms with van der Waals surface area (Å²) in [6, 6.07) is 11.1. The molecule has 1 fully saturated rings. The van der Waals surface area contributed by atoms with E-state index in [2.05, 4.69) is 20.5 Å². The quantitative estimate of drug-likeness (QED) is 0.477. The first-order chi connectivity index (χ1) is 14.9. The molecule has 1 aromatic carbocycles. The molecule has 8 nitrogen and oxygen atoms in total. The van der Waals surface area contributed by atoms with Crippen LogP contribution in [0.1, 0.15) is 36.6 Å². The first-order valence-corrected chi connectivity index (χ1v) is 12.1. The lowest BCUT2D eigenvalue weighted by atomic mass is 10.1. The molecule has 0 aliphatic carbocycles. The van der Waals surface area contributed by atoms with Crippen molar-refractivity contribution in [3.8, 4) is 0 Å². The predicted molar refractivity (Wildman–Crippen MR) is 122 cm³/mol. The van der Waals surface area contributed by atoms with Crippen molar-refractivity contribution >= 4 is 16.0 Å². The van der Waals surface area contributed by atoms with Gasteiger partial charge in [0, 0.05) is 34.2 Å². The highest BCUT2D eigenvalue weighted by molar-refractivity contribution is 7.89. The van der Waals surface area contributed by atoms with Gasteiger partial charge in [0.25, 0.3) is 0 Å². The zero-order chi connectivity index (χ0) is 22.3. The lowest BCUT2D eigenvalue weighted by Gasteiger charge is -2.33. The van der Waals surface area contributed by atoms with Crippen molar-refractivity contribution in [2.75, 3.05) is 40.8 Å². The van der Waals surface area contributed by atoms with Gasteiger partial charge in [0.1, 0.15) is 5.76 Å². The minimum atomic E-state index is -3.52. The fourth-order valence-corrected chi connectivity index (χ4v) is 4.93. The van der Waals surface area contributed by atoms with Crippen molar-refractivity contribution in [2.24, 2.45) is 4.99 Å². The summed E-state index contributed by atoms with van der Waals surface area (Å²) in [6.45, 7) is 3.09. The molecule has 0 saturated carbocycles. The Hall–Kier alpha value is -2.36. The van der Waals surface area contributed by atoms with Crippen LogP contribution in [0.15, 0.2) is 57.0 Å². The molecule has 170 valence electrons. The van der Waals surface area contributed by atoms with Crippen LogP contribution in [0.25, 0.3) is 0 Å². The van der Waals surface area contributed by atoms with E-state index in [1.807, 2.05) is 24.3 Å². The third-order valence-electron chi connectivity index (χ3n) is 5.57. The fraction of sp³-hybridized carbons (Fsp3) is 0.500. The molecule has 1 aromatic heterocycles. The summed E-state index contributed by atoms with van der Waals surface area (Å²) in [5.41, 5.74) is 0.692. The average Bonchev–Trinajstić information content (AvgIpc) is 3.31. The second-order valence-corrected chi connectivity index (χ2v) is 9.95. The minimum absolute atomic E-state index is 0.121. The van der Waals surface area contributed by atoms with Crippen LogP contribution in [0.3, 0.4) is 0 Å². The number of likely N-dealkylation sites (tertiary alicyclic amines) is 1. The third-order valence-corrected chi connectivity index (χ3v) is 7.48. The van der Waals surface area contributed by atoms with E-state index in [1.54, 1.807) is 25.4 Å². The van der Waals surface area contributed by atoms with Crippen LogP contribution in [0.2, 0.25) is 0 Å². The Balaban J connectivity index is 1.66. The van der Waals surface area contributed by atoms with Gasteiger partial charge in [-0.25, -0.2) is 12.7 Å².